The third-order valence-electron chi connectivity index (χ3n) is 3.51. The van der Waals surface area contributed by atoms with Crippen molar-refractivity contribution in [2.45, 2.75) is 19.4 Å². The van der Waals surface area contributed by atoms with Crippen LogP contribution in [0.2, 0.25) is 0 Å². The van der Waals surface area contributed by atoms with Crippen molar-refractivity contribution in [1.82, 2.24) is 4.90 Å². The Kier molecular flexibility index (Phi) is 3.94. The van der Waals surface area contributed by atoms with Crippen LogP contribution in [-0.2, 0) is 14.6 Å². The fourth-order valence-electron chi connectivity index (χ4n) is 2.52. The minimum absolute atomic E-state index is 0.0712. The summed E-state index contributed by atoms with van der Waals surface area (Å²) in [6.07, 6.45) is 1.24. The molecule has 0 saturated carbocycles. The molecule has 1 aliphatic rings. The summed E-state index contributed by atoms with van der Waals surface area (Å²) in [5, 5.41) is 0. The van der Waals surface area contributed by atoms with E-state index in [0.717, 1.165) is 11.8 Å². The van der Waals surface area contributed by atoms with E-state index in [1.54, 1.807) is 4.90 Å². The summed E-state index contributed by atoms with van der Waals surface area (Å²) in [5.74, 6) is 0.278. The molecular weight excluding hydrogens is 262 g/mol. The first kappa shape index (κ1) is 14.1. The van der Waals surface area contributed by atoms with Crippen LogP contribution in [-0.4, -0.2) is 37.8 Å². The molecule has 5 heteroatoms. The van der Waals surface area contributed by atoms with Gasteiger partial charge in [0, 0.05) is 19.2 Å². The Morgan fingerprint density at radius 2 is 1.95 bits per heavy atom. The molecule has 0 spiro atoms. The average Bonchev–Trinajstić information content (AvgIpc) is 2.33. The molecular formula is C14H19NO3S. The number of hydrogen-bond acceptors (Lipinski definition) is 3. The summed E-state index contributed by atoms with van der Waals surface area (Å²) >= 11 is 0. The summed E-state index contributed by atoms with van der Waals surface area (Å²) in [6.45, 7) is 2.82. The molecule has 1 aliphatic heterocycles. The molecule has 2 unspecified atom stereocenters. The van der Waals surface area contributed by atoms with Crippen LogP contribution in [0.1, 0.15) is 24.9 Å². The van der Waals surface area contributed by atoms with Crippen molar-refractivity contribution in [2.75, 3.05) is 18.6 Å². The molecule has 1 heterocycles. The summed E-state index contributed by atoms with van der Waals surface area (Å²) in [5.41, 5.74) is 1.12. The predicted molar refractivity (Wildman–Crippen MR) is 74.4 cm³/mol. The maximum Gasteiger partial charge on any atom is 0.224 e. The number of hydrogen-bond donors (Lipinski definition) is 0. The second kappa shape index (κ2) is 5.33. The molecule has 0 bridgehead atoms. The fourth-order valence-corrected chi connectivity index (χ4v) is 3.07. The summed E-state index contributed by atoms with van der Waals surface area (Å²) < 4.78 is 22.2. The maximum absolute atomic E-state index is 12.1. The Labute approximate surface area is 114 Å². The normalized spacial score (nSPS) is 22.9. The van der Waals surface area contributed by atoms with E-state index < -0.39 is 9.84 Å². The minimum Gasteiger partial charge on any atom is -0.335 e. The van der Waals surface area contributed by atoms with E-state index in [1.807, 2.05) is 30.3 Å². The lowest BCUT2D eigenvalue weighted by Crippen LogP contribution is -2.51. The Hall–Kier alpha value is -1.36. The number of carbonyl (C=O) groups excluding carboxylic acids is 1. The first-order valence-corrected chi connectivity index (χ1v) is 8.46. The molecule has 104 valence electrons. The highest BCUT2D eigenvalue weighted by Gasteiger charge is 2.39. The van der Waals surface area contributed by atoms with Crippen LogP contribution in [0, 0.1) is 5.92 Å². The summed E-state index contributed by atoms with van der Waals surface area (Å²) in [6, 6.07) is 9.98. The van der Waals surface area contributed by atoms with Gasteiger partial charge in [-0.3, -0.25) is 4.79 Å². The van der Waals surface area contributed by atoms with Crippen LogP contribution in [0.4, 0.5) is 0 Å². The van der Waals surface area contributed by atoms with Crippen molar-refractivity contribution in [3.05, 3.63) is 35.9 Å². The van der Waals surface area contributed by atoms with Crippen LogP contribution >= 0.6 is 0 Å². The third kappa shape index (κ3) is 3.35. The molecule has 19 heavy (non-hydrogen) atoms. The number of rotatable bonds is 4. The first-order valence-electron chi connectivity index (χ1n) is 6.40. The highest BCUT2D eigenvalue weighted by molar-refractivity contribution is 7.90. The van der Waals surface area contributed by atoms with Crippen LogP contribution in [0.3, 0.4) is 0 Å². The van der Waals surface area contributed by atoms with Gasteiger partial charge in [0.2, 0.25) is 5.91 Å². The molecule has 2 rings (SSSR count). The standard InChI is InChI=1S/C14H19NO3S/c1-11-10-15(13(16)8-9-19(2,17)18)14(11)12-6-4-3-5-7-12/h3-7,11,14H,8-10H2,1-2H3. The lowest BCUT2D eigenvalue weighted by Gasteiger charge is -2.47. The number of nitrogens with zero attached hydrogens (tertiary/aromatic N) is 1. The maximum atomic E-state index is 12.1. The molecule has 1 fully saturated rings. The zero-order valence-electron chi connectivity index (χ0n) is 11.2. The average molecular weight is 281 g/mol. The molecule has 0 radical (unpaired) electrons. The summed E-state index contributed by atoms with van der Waals surface area (Å²) in [7, 11) is -3.08. The van der Waals surface area contributed by atoms with Gasteiger partial charge in [0.1, 0.15) is 9.84 Å². The van der Waals surface area contributed by atoms with Gasteiger partial charge in [-0.1, -0.05) is 37.3 Å². The number of likely N-dealkylation sites (tertiary alicyclic amines) is 1. The van der Waals surface area contributed by atoms with Crippen LogP contribution in [0.15, 0.2) is 30.3 Å². The van der Waals surface area contributed by atoms with E-state index in [4.69, 9.17) is 0 Å². The molecule has 0 aromatic heterocycles. The second-order valence-corrected chi connectivity index (χ2v) is 7.52. The summed E-state index contributed by atoms with van der Waals surface area (Å²) in [4.78, 5) is 13.8. The number of benzene rings is 1. The lowest BCUT2D eigenvalue weighted by atomic mass is 9.84. The van der Waals surface area contributed by atoms with Crippen molar-refractivity contribution in [3.63, 3.8) is 0 Å². The van der Waals surface area contributed by atoms with Gasteiger partial charge >= 0.3 is 0 Å². The van der Waals surface area contributed by atoms with E-state index in [-0.39, 0.29) is 24.1 Å². The molecule has 1 saturated heterocycles. The van der Waals surface area contributed by atoms with Gasteiger partial charge in [0.25, 0.3) is 0 Å². The number of amides is 1. The van der Waals surface area contributed by atoms with Gasteiger partial charge in [-0.15, -0.1) is 0 Å². The second-order valence-electron chi connectivity index (χ2n) is 5.26. The fraction of sp³-hybridized carbons (Fsp3) is 0.500. The van der Waals surface area contributed by atoms with E-state index in [1.165, 1.54) is 0 Å². The van der Waals surface area contributed by atoms with Gasteiger partial charge in [-0.2, -0.15) is 0 Å². The Balaban J connectivity index is 2.03. The molecule has 1 amide bonds. The van der Waals surface area contributed by atoms with Gasteiger partial charge in [-0.25, -0.2) is 8.42 Å². The molecule has 0 aliphatic carbocycles. The quantitative estimate of drug-likeness (QED) is 0.843. The Morgan fingerprint density at radius 1 is 1.32 bits per heavy atom. The third-order valence-corrected chi connectivity index (χ3v) is 4.45. The number of sulfone groups is 1. The molecule has 1 aromatic carbocycles. The smallest absolute Gasteiger partial charge is 0.224 e. The van der Waals surface area contributed by atoms with Gasteiger partial charge in [0.05, 0.1) is 11.8 Å². The Morgan fingerprint density at radius 3 is 2.47 bits per heavy atom. The SMILES string of the molecule is CC1CN(C(=O)CCS(C)(=O)=O)C1c1ccccc1. The monoisotopic (exact) mass is 281 g/mol. The van der Waals surface area contributed by atoms with Crippen LogP contribution in [0.25, 0.3) is 0 Å². The zero-order chi connectivity index (χ0) is 14.0. The molecule has 4 nitrogen and oxygen atoms in total. The highest BCUT2D eigenvalue weighted by atomic mass is 32.2. The largest absolute Gasteiger partial charge is 0.335 e. The topological polar surface area (TPSA) is 54.5 Å². The van der Waals surface area contributed by atoms with E-state index in [0.29, 0.717) is 12.5 Å². The van der Waals surface area contributed by atoms with Crippen molar-refractivity contribution < 1.29 is 13.2 Å². The van der Waals surface area contributed by atoms with Gasteiger partial charge < -0.3 is 4.90 Å². The van der Waals surface area contributed by atoms with E-state index in [2.05, 4.69) is 6.92 Å². The van der Waals surface area contributed by atoms with Crippen molar-refractivity contribution in [1.29, 1.82) is 0 Å². The van der Waals surface area contributed by atoms with Gasteiger partial charge in [0.15, 0.2) is 0 Å². The first-order chi connectivity index (χ1) is 8.88. The van der Waals surface area contributed by atoms with Crippen LogP contribution in [0.5, 0.6) is 0 Å². The zero-order valence-corrected chi connectivity index (χ0v) is 12.1. The van der Waals surface area contributed by atoms with Crippen molar-refractivity contribution in [2.24, 2.45) is 5.92 Å². The Bertz CT molecular complexity index is 553. The molecule has 1 aromatic rings. The molecule has 0 N–H and O–H groups in total. The van der Waals surface area contributed by atoms with Gasteiger partial charge in [-0.05, 0) is 11.5 Å². The lowest BCUT2D eigenvalue weighted by molar-refractivity contribution is -0.143. The molecule has 2 atom stereocenters. The minimum atomic E-state index is -3.08. The highest BCUT2D eigenvalue weighted by Crippen LogP contribution is 2.38. The van der Waals surface area contributed by atoms with E-state index in [9.17, 15) is 13.2 Å². The van der Waals surface area contributed by atoms with E-state index >= 15 is 0 Å². The van der Waals surface area contributed by atoms with Crippen LogP contribution < -0.4 is 0 Å². The number of carbonyl (C=O) groups is 1. The predicted octanol–water partition coefficient (Wildman–Crippen LogP) is 1.64. The van der Waals surface area contributed by atoms with Crippen molar-refractivity contribution in [3.8, 4) is 0 Å². The van der Waals surface area contributed by atoms with Crippen molar-refractivity contribution >= 4 is 15.7 Å².